The Bertz CT molecular complexity index is 397. The van der Waals surface area contributed by atoms with Gasteiger partial charge in [-0.05, 0) is 31.5 Å². The van der Waals surface area contributed by atoms with Crippen LogP contribution in [0.15, 0.2) is 27.7 Å². The lowest BCUT2D eigenvalue weighted by molar-refractivity contribution is 0.520. The molecule has 0 aliphatic carbocycles. The van der Waals surface area contributed by atoms with Crippen LogP contribution in [-0.4, -0.2) is 6.08 Å². The van der Waals surface area contributed by atoms with Gasteiger partial charge in [-0.2, -0.15) is 4.99 Å². The second-order valence-electron chi connectivity index (χ2n) is 3.39. The summed E-state index contributed by atoms with van der Waals surface area (Å²) in [6, 6.07) is 4.28. The van der Waals surface area contributed by atoms with Crippen molar-refractivity contribution in [1.29, 1.82) is 0 Å². The zero-order valence-corrected chi connectivity index (χ0v) is 9.43. The van der Waals surface area contributed by atoms with Crippen molar-refractivity contribution < 1.29 is 9.18 Å². The molecule has 0 N–H and O–H groups in total. The van der Waals surface area contributed by atoms with E-state index in [4.69, 9.17) is 0 Å². The molecular weight excluding hydrogens is 249 g/mol. The average molecular weight is 258 g/mol. The minimum atomic E-state index is -0.686. The van der Waals surface area contributed by atoms with Gasteiger partial charge in [0.15, 0.2) is 0 Å². The van der Waals surface area contributed by atoms with Crippen LogP contribution in [0.3, 0.4) is 0 Å². The number of carbonyl (C=O) groups excluding carboxylic acids is 1. The third-order valence-corrected chi connectivity index (χ3v) is 2.57. The minimum absolute atomic E-state index is 0.327. The van der Waals surface area contributed by atoms with Gasteiger partial charge in [0.25, 0.3) is 0 Å². The Hall–Kier alpha value is -0.990. The summed E-state index contributed by atoms with van der Waals surface area (Å²) < 4.78 is 13.4. The van der Waals surface area contributed by atoms with E-state index in [1.807, 2.05) is 0 Å². The smallest absolute Gasteiger partial charge is 0.211 e. The van der Waals surface area contributed by atoms with Crippen LogP contribution >= 0.6 is 15.9 Å². The first-order valence-electron chi connectivity index (χ1n) is 4.02. The Labute approximate surface area is 90.0 Å². The molecule has 1 aromatic rings. The van der Waals surface area contributed by atoms with Crippen molar-refractivity contribution in [3.63, 3.8) is 0 Å². The predicted octanol–water partition coefficient (Wildman–Crippen LogP) is 3.16. The van der Waals surface area contributed by atoms with Crippen LogP contribution in [0.1, 0.15) is 19.4 Å². The van der Waals surface area contributed by atoms with Crippen molar-refractivity contribution in [2.45, 2.75) is 19.4 Å². The van der Waals surface area contributed by atoms with Crippen molar-refractivity contribution in [2.75, 3.05) is 0 Å². The van der Waals surface area contributed by atoms with Gasteiger partial charge in [-0.15, -0.1) is 0 Å². The third-order valence-electron chi connectivity index (χ3n) is 1.92. The summed E-state index contributed by atoms with van der Waals surface area (Å²) in [5, 5.41) is 0. The number of rotatable bonds is 2. The summed E-state index contributed by atoms with van der Waals surface area (Å²) in [7, 11) is 0. The van der Waals surface area contributed by atoms with Crippen molar-refractivity contribution in [2.24, 2.45) is 4.99 Å². The number of aliphatic imine (C=N–C) groups is 1. The highest BCUT2D eigenvalue weighted by Crippen LogP contribution is 2.31. The molecule has 0 aliphatic rings. The highest BCUT2D eigenvalue weighted by atomic mass is 79.9. The molecule has 74 valence electrons. The number of hydrogen-bond donors (Lipinski definition) is 0. The van der Waals surface area contributed by atoms with Crippen LogP contribution in [0.4, 0.5) is 4.39 Å². The molecule has 0 bridgehead atoms. The fraction of sp³-hybridized carbons (Fsp3) is 0.300. The summed E-state index contributed by atoms with van der Waals surface area (Å²) >= 11 is 3.22. The van der Waals surface area contributed by atoms with Crippen molar-refractivity contribution >= 4 is 22.0 Å². The summed E-state index contributed by atoms with van der Waals surface area (Å²) in [4.78, 5) is 13.9. The van der Waals surface area contributed by atoms with Gasteiger partial charge < -0.3 is 0 Å². The molecule has 2 nitrogen and oxygen atoms in total. The van der Waals surface area contributed by atoms with E-state index in [0.29, 0.717) is 4.47 Å². The maximum atomic E-state index is 12.8. The van der Waals surface area contributed by atoms with Crippen molar-refractivity contribution in [1.82, 2.24) is 0 Å². The molecule has 0 heterocycles. The number of halogens is 2. The SMILES string of the molecule is CC(C)(N=C=O)c1ccc(F)cc1Br. The van der Waals surface area contributed by atoms with Crippen molar-refractivity contribution in [3.05, 3.63) is 34.1 Å². The van der Waals surface area contributed by atoms with E-state index in [2.05, 4.69) is 20.9 Å². The van der Waals surface area contributed by atoms with E-state index in [9.17, 15) is 9.18 Å². The fourth-order valence-corrected chi connectivity index (χ4v) is 2.00. The Balaban J connectivity index is 3.25. The van der Waals surface area contributed by atoms with Crippen LogP contribution in [-0.2, 0) is 10.3 Å². The molecule has 1 rings (SSSR count). The Morgan fingerprint density at radius 1 is 1.50 bits per heavy atom. The van der Waals surface area contributed by atoms with Gasteiger partial charge in [0.2, 0.25) is 6.08 Å². The Morgan fingerprint density at radius 3 is 2.64 bits per heavy atom. The first kappa shape index (κ1) is 11.1. The lowest BCUT2D eigenvalue weighted by Crippen LogP contribution is -2.14. The Morgan fingerprint density at radius 2 is 2.14 bits per heavy atom. The van der Waals surface area contributed by atoms with E-state index in [1.165, 1.54) is 18.2 Å². The van der Waals surface area contributed by atoms with Crippen LogP contribution in [0.25, 0.3) is 0 Å². The van der Waals surface area contributed by atoms with Gasteiger partial charge in [-0.25, -0.2) is 9.18 Å². The molecule has 0 unspecified atom stereocenters. The molecule has 4 heteroatoms. The van der Waals surface area contributed by atoms with E-state index in [1.54, 1.807) is 19.9 Å². The first-order valence-corrected chi connectivity index (χ1v) is 4.81. The molecule has 0 saturated carbocycles. The summed E-state index contributed by atoms with van der Waals surface area (Å²) in [6.07, 6.45) is 1.51. The quantitative estimate of drug-likeness (QED) is 0.591. The molecule has 0 aromatic heterocycles. The number of isocyanates is 1. The zero-order chi connectivity index (χ0) is 10.8. The van der Waals surface area contributed by atoms with Gasteiger partial charge in [-0.3, -0.25) is 0 Å². The first-order chi connectivity index (χ1) is 6.47. The third kappa shape index (κ3) is 2.28. The second-order valence-corrected chi connectivity index (χ2v) is 4.24. The standard InChI is InChI=1S/C10H9BrFNO/c1-10(2,13-6-14)8-4-3-7(12)5-9(8)11/h3-5H,1-2H3. The summed E-state index contributed by atoms with van der Waals surface area (Å²) in [5.74, 6) is -0.327. The molecule has 0 fully saturated rings. The monoisotopic (exact) mass is 257 g/mol. The van der Waals surface area contributed by atoms with E-state index in [-0.39, 0.29) is 5.82 Å². The fourth-order valence-electron chi connectivity index (χ4n) is 1.16. The zero-order valence-electron chi connectivity index (χ0n) is 7.84. The minimum Gasteiger partial charge on any atom is -0.211 e. The number of benzene rings is 1. The largest absolute Gasteiger partial charge is 0.235 e. The van der Waals surface area contributed by atoms with Crippen LogP contribution < -0.4 is 0 Å². The lowest BCUT2D eigenvalue weighted by atomic mass is 9.95. The van der Waals surface area contributed by atoms with Crippen LogP contribution in [0, 0.1) is 5.82 Å². The topological polar surface area (TPSA) is 29.4 Å². The van der Waals surface area contributed by atoms with Gasteiger partial charge in [0.1, 0.15) is 5.82 Å². The van der Waals surface area contributed by atoms with Crippen molar-refractivity contribution in [3.8, 4) is 0 Å². The molecule has 0 spiro atoms. The number of hydrogen-bond acceptors (Lipinski definition) is 2. The molecule has 0 aliphatic heterocycles. The van der Waals surface area contributed by atoms with Gasteiger partial charge in [0.05, 0.1) is 5.54 Å². The molecule has 0 radical (unpaired) electrons. The lowest BCUT2D eigenvalue weighted by Gasteiger charge is -2.19. The maximum absolute atomic E-state index is 12.8. The highest BCUT2D eigenvalue weighted by Gasteiger charge is 2.22. The summed E-state index contributed by atoms with van der Waals surface area (Å²) in [5.41, 5.74) is 0.0659. The van der Waals surface area contributed by atoms with E-state index in [0.717, 1.165) is 5.56 Å². The second kappa shape index (κ2) is 4.03. The molecule has 0 amide bonds. The molecular formula is C10H9BrFNO. The predicted molar refractivity (Wildman–Crippen MR) is 55.2 cm³/mol. The van der Waals surface area contributed by atoms with E-state index >= 15 is 0 Å². The Kier molecular flexibility index (Phi) is 3.19. The van der Waals surface area contributed by atoms with Gasteiger partial charge in [0, 0.05) is 4.47 Å². The van der Waals surface area contributed by atoms with Gasteiger partial charge >= 0.3 is 0 Å². The van der Waals surface area contributed by atoms with Crippen LogP contribution in [0.5, 0.6) is 0 Å². The molecule has 0 saturated heterocycles. The highest BCUT2D eigenvalue weighted by molar-refractivity contribution is 9.10. The molecule has 14 heavy (non-hydrogen) atoms. The van der Waals surface area contributed by atoms with E-state index < -0.39 is 5.54 Å². The summed E-state index contributed by atoms with van der Waals surface area (Å²) in [6.45, 7) is 3.52. The average Bonchev–Trinajstić information content (AvgIpc) is 2.02. The molecule has 1 aromatic carbocycles. The molecule has 0 atom stereocenters. The maximum Gasteiger partial charge on any atom is 0.235 e. The number of nitrogens with zero attached hydrogens (tertiary/aromatic N) is 1. The normalized spacial score (nSPS) is 10.9. The van der Waals surface area contributed by atoms with Gasteiger partial charge in [-0.1, -0.05) is 22.0 Å². The van der Waals surface area contributed by atoms with Crippen LogP contribution in [0.2, 0.25) is 0 Å².